The molecule has 0 fully saturated rings. The molecule has 0 aliphatic heterocycles. The van der Waals surface area contributed by atoms with Gasteiger partial charge in [0.15, 0.2) is 0 Å². The first kappa shape index (κ1) is 10.2. The van der Waals surface area contributed by atoms with E-state index in [9.17, 15) is 0 Å². The lowest BCUT2D eigenvalue weighted by atomic mass is 10.8. The molecule has 0 aliphatic rings. The summed E-state index contributed by atoms with van der Waals surface area (Å²) in [7, 11) is 0. The maximum atomic E-state index is 6.19. The molecule has 42 valence electrons. The molecule has 0 aromatic heterocycles. The van der Waals surface area contributed by atoms with Crippen LogP contribution in [0.25, 0.3) is 0 Å². The van der Waals surface area contributed by atoms with Crippen molar-refractivity contribution in [1.82, 2.24) is 0 Å². The monoisotopic (exact) mass is 212 g/mol. The zero-order valence-electron chi connectivity index (χ0n) is 4.53. The molecule has 0 amide bonds. The van der Waals surface area contributed by atoms with Gasteiger partial charge in [-0.15, -0.1) is 0 Å². The number of nitrogens with one attached hydrogen (secondary N) is 1. The van der Waals surface area contributed by atoms with Gasteiger partial charge in [-0.3, -0.25) is 0 Å². The van der Waals surface area contributed by atoms with Crippen molar-refractivity contribution in [2.75, 3.05) is 11.5 Å². The summed E-state index contributed by atoms with van der Waals surface area (Å²) in [5.74, 6) is 0. The highest BCUT2D eigenvalue weighted by atomic mass is 127. The van der Waals surface area contributed by atoms with Crippen molar-refractivity contribution in [3.8, 4) is 0 Å². The Bertz CT molecular complexity index is 56.7. The highest BCUT2D eigenvalue weighted by molar-refractivity contribution is 14.1. The zero-order chi connectivity index (χ0) is 6.12. The first-order valence-corrected chi connectivity index (χ1v) is 4.03. The number of hydrogen-bond acceptors (Lipinski definition) is 2. The van der Waals surface area contributed by atoms with Gasteiger partial charge < -0.3 is 0 Å². The van der Waals surface area contributed by atoms with Crippen molar-refractivity contribution in [3.05, 3.63) is 0 Å². The van der Waals surface area contributed by atoms with Crippen molar-refractivity contribution in [2.24, 2.45) is 4.99 Å². The van der Waals surface area contributed by atoms with Gasteiger partial charge in [0.2, 0.25) is 0 Å². The van der Waals surface area contributed by atoms with E-state index in [0.29, 0.717) is 6.54 Å². The summed E-state index contributed by atoms with van der Waals surface area (Å²) >= 11 is 2.15. The first-order chi connectivity index (χ1) is 3.41. The minimum Gasteiger partial charge on any atom is -0.242 e. The molecule has 0 radical (unpaired) electrons. The molecule has 0 aromatic rings. The molecule has 0 unspecified atom stereocenters. The van der Waals surface area contributed by atoms with Gasteiger partial charge in [-0.05, 0) is 11.9 Å². The molecule has 3 heteroatoms. The third kappa shape index (κ3) is 23.2. The average Bonchev–Trinajstić information content (AvgIpc) is 1.75. The highest BCUT2D eigenvalue weighted by Gasteiger charge is 1.49. The van der Waals surface area contributed by atoms with Crippen molar-refractivity contribution in [3.63, 3.8) is 0 Å². The van der Waals surface area contributed by atoms with Gasteiger partial charge in [0, 0.05) is 6.54 Å². The van der Waals surface area contributed by atoms with Gasteiger partial charge in [0.25, 0.3) is 0 Å². The predicted octanol–water partition coefficient (Wildman–Crippen LogP) is 1.81. The van der Waals surface area contributed by atoms with E-state index in [1.54, 1.807) is 0 Å². The van der Waals surface area contributed by atoms with E-state index in [4.69, 9.17) is 5.41 Å². The molecule has 0 bridgehead atoms. The van der Waals surface area contributed by atoms with E-state index in [1.807, 2.05) is 17.9 Å². The number of nitrogens with zero attached hydrogens (tertiary/aromatic N) is 1. The van der Waals surface area contributed by atoms with Crippen LogP contribution in [-0.4, -0.2) is 17.5 Å². The molecule has 0 aliphatic carbocycles. The van der Waals surface area contributed by atoms with Crippen LogP contribution in [0.2, 0.25) is 0 Å². The third-order valence-electron chi connectivity index (χ3n) is 0.237. The van der Waals surface area contributed by atoms with E-state index in [0.717, 1.165) is 0 Å². The Balaban J connectivity index is 0. The molecule has 1 N–H and O–H groups in total. The predicted molar refractivity (Wildman–Crippen MR) is 40.6 cm³/mol. The van der Waals surface area contributed by atoms with Gasteiger partial charge in [0.1, 0.15) is 0 Å². The maximum Gasteiger partial charge on any atom is 0.0861 e. The lowest BCUT2D eigenvalue weighted by Crippen LogP contribution is -1.58. The fourth-order valence-electron chi connectivity index (χ4n) is 0.0791. The van der Waals surface area contributed by atoms with Crippen LogP contribution in [0.5, 0.6) is 0 Å². The normalized spacial score (nSPS) is 5.00. The number of hydrogen-bond donors (Lipinski definition) is 1. The molecule has 0 aromatic carbocycles. The quantitative estimate of drug-likeness (QED) is 0.391. The third-order valence-corrected chi connectivity index (χ3v) is 0.237. The Morgan fingerprint density at radius 1 is 1.71 bits per heavy atom. The van der Waals surface area contributed by atoms with Gasteiger partial charge in [-0.2, -0.15) is 0 Å². The topological polar surface area (TPSA) is 36.2 Å². The van der Waals surface area contributed by atoms with Crippen LogP contribution in [0.1, 0.15) is 6.92 Å². The lowest BCUT2D eigenvalue weighted by molar-refractivity contribution is 1.14. The molecular formula is C4H9IN2. The van der Waals surface area contributed by atoms with Crippen molar-refractivity contribution < 1.29 is 0 Å². The summed E-state index contributed by atoms with van der Waals surface area (Å²) < 4.78 is 0. The molecule has 0 heterocycles. The van der Waals surface area contributed by atoms with Crippen LogP contribution in [0.4, 0.5) is 0 Å². The smallest absolute Gasteiger partial charge is 0.0861 e. The summed E-state index contributed by atoms with van der Waals surface area (Å²) in [6.07, 6.45) is 0. The van der Waals surface area contributed by atoms with Crippen LogP contribution >= 0.6 is 22.6 Å². The minimum absolute atomic E-state index is 0.670. The molecule has 2 nitrogen and oxygen atoms in total. The van der Waals surface area contributed by atoms with Crippen molar-refractivity contribution in [2.45, 2.75) is 6.92 Å². The van der Waals surface area contributed by atoms with E-state index in [-0.39, 0.29) is 0 Å². The van der Waals surface area contributed by atoms with Crippen molar-refractivity contribution >= 4 is 28.6 Å². The number of aliphatic imine (C=N–C) groups is 1. The second kappa shape index (κ2) is 16.5. The van der Waals surface area contributed by atoms with E-state index < -0.39 is 0 Å². The summed E-state index contributed by atoms with van der Waals surface area (Å²) in [5, 5.41) is 6.19. The van der Waals surface area contributed by atoms with Crippen LogP contribution in [0.3, 0.4) is 0 Å². The summed E-state index contributed by atoms with van der Waals surface area (Å²) in [6, 6.07) is 1.89. The number of alkyl halides is 1. The number of halogens is 1. The molecular weight excluding hydrogens is 203 g/mol. The van der Waals surface area contributed by atoms with E-state index in [2.05, 4.69) is 27.6 Å². The fraction of sp³-hybridized carbons (Fsp3) is 0.750. The van der Waals surface area contributed by atoms with Gasteiger partial charge in [-0.1, -0.05) is 22.6 Å². The summed E-state index contributed by atoms with van der Waals surface area (Å²) in [4.78, 5) is 5.36. The van der Waals surface area contributed by atoms with Crippen molar-refractivity contribution in [1.29, 1.82) is 5.41 Å². The first-order valence-electron chi connectivity index (χ1n) is 1.87. The van der Waals surface area contributed by atoms with Gasteiger partial charge in [-0.25, -0.2) is 10.4 Å². The lowest BCUT2D eigenvalue weighted by Gasteiger charge is -1.60. The SMILES string of the molecule is CCN=C=N.CI. The summed E-state index contributed by atoms with van der Waals surface area (Å²) in [5.41, 5.74) is 0. The summed E-state index contributed by atoms with van der Waals surface area (Å²) in [6.45, 7) is 2.53. The largest absolute Gasteiger partial charge is 0.242 e. The molecule has 0 spiro atoms. The molecule has 0 saturated heterocycles. The molecule has 0 rings (SSSR count). The van der Waals surface area contributed by atoms with Gasteiger partial charge in [0.05, 0.1) is 6.01 Å². The van der Waals surface area contributed by atoms with E-state index >= 15 is 0 Å². The van der Waals surface area contributed by atoms with Crippen LogP contribution in [-0.2, 0) is 0 Å². The van der Waals surface area contributed by atoms with Gasteiger partial charge >= 0.3 is 0 Å². The zero-order valence-corrected chi connectivity index (χ0v) is 6.69. The fourth-order valence-corrected chi connectivity index (χ4v) is 0.0791. The van der Waals surface area contributed by atoms with Crippen LogP contribution < -0.4 is 0 Å². The Kier molecular flexibility index (Phi) is 24.0. The standard InChI is InChI=1S/C3H6N2.CH3I/c1-2-5-3-4;1-2/h4H,2H2,1H3;1H3. The van der Waals surface area contributed by atoms with Crippen LogP contribution in [0.15, 0.2) is 4.99 Å². The minimum atomic E-state index is 0.670. The number of rotatable bonds is 1. The molecule has 7 heavy (non-hydrogen) atoms. The highest BCUT2D eigenvalue weighted by Crippen LogP contribution is 1.53. The second-order valence-electron chi connectivity index (χ2n) is 0.586. The molecule has 0 atom stereocenters. The Labute approximate surface area is 57.7 Å². The Morgan fingerprint density at radius 3 is 2.14 bits per heavy atom. The van der Waals surface area contributed by atoms with E-state index in [1.165, 1.54) is 0 Å². The molecule has 0 saturated carbocycles. The second-order valence-corrected chi connectivity index (χ2v) is 0.586. The Hall–Kier alpha value is 0.110. The van der Waals surface area contributed by atoms with Crippen LogP contribution in [0, 0.1) is 5.41 Å². The average molecular weight is 212 g/mol. The maximum absolute atomic E-state index is 6.19. The Morgan fingerprint density at radius 2 is 2.14 bits per heavy atom.